The average molecular weight is 296 g/mol. The lowest BCUT2D eigenvalue weighted by atomic mass is 10.3. The van der Waals surface area contributed by atoms with E-state index in [4.69, 9.17) is 9.84 Å². The molecule has 6 nitrogen and oxygen atoms in total. The number of aromatic nitrogens is 1. The molecule has 0 saturated carbocycles. The summed E-state index contributed by atoms with van der Waals surface area (Å²) in [7, 11) is 0. The number of thioether (sulfide) groups is 1. The number of aromatic carboxylic acids is 1. The molecule has 1 aromatic heterocycles. The topological polar surface area (TPSA) is 79.7 Å². The lowest BCUT2D eigenvalue weighted by molar-refractivity contribution is -0.135. The van der Waals surface area contributed by atoms with Crippen LogP contribution in [0.2, 0.25) is 0 Å². The number of hydrogen-bond donors (Lipinski definition) is 1. The van der Waals surface area contributed by atoms with Crippen molar-refractivity contribution in [3.63, 3.8) is 0 Å². The van der Waals surface area contributed by atoms with E-state index in [0.717, 1.165) is 0 Å². The van der Waals surface area contributed by atoms with Crippen molar-refractivity contribution in [2.24, 2.45) is 0 Å². The Kier molecular flexibility index (Phi) is 4.97. The van der Waals surface area contributed by atoms with Gasteiger partial charge < -0.3 is 14.7 Å². The summed E-state index contributed by atoms with van der Waals surface area (Å²) in [6.07, 6.45) is 1.50. The minimum absolute atomic E-state index is 0.0210. The Hall–Kier alpha value is -1.60. The number of pyridine rings is 1. The van der Waals surface area contributed by atoms with Gasteiger partial charge in [-0.1, -0.05) is 11.8 Å². The molecule has 0 bridgehead atoms. The highest BCUT2D eigenvalue weighted by atomic mass is 32.2. The second kappa shape index (κ2) is 6.71. The van der Waals surface area contributed by atoms with Gasteiger partial charge in [0, 0.05) is 19.3 Å². The van der Waals surface area contributed by atoms with Crippen molar-refractivity contribution in [2.75, 3.05) is 25.4 Å². The van der Waals surface area contributed by atoms with Crippen LogP contribution in [0.25, 0.3) is 0 Å². The molecule has 1 aromatic rings. The largest absolute Gasteiger partial charge is 0.478 e. The number of nitrogens with zero attached hydrogens (tertiary/aromatic N) is 2. The van der Waals surface area contributed by atoms with Gasteiger partial charge in [-0.3, -0.25) is 4.79 Å². The molecule has 1 aliphatic rings. The zero-order chi connectivity index (χ0) is 14.5. The van der Waals surface area contributed by atoms with Crippen LogP contribution in [0.15, 0.2) is 23.4 Å². The molecule has 1 N–H and O–H groups in total. The average Bonchev–Trinajstić information content (AvgIpc) is 2.45. The van der Waals surface area contributed by atoms with Crippen molar-refractivity contribution >= 4 is 23.6 Å². The molecule has 1 saturated heterocycles. The van der Waals surface area contributed by atoms with E-state index in [9.17, 15) is 9.59 Å². The third-order valence-corrected chi connectivity index (χ3v) is 3.83. The smallest absolute Gasteiger partial charge is 0.335 e. The van der Waals surface area contributed by atoms with Crippen LogP contribution in [-0.4, -0.2) is 58.4 Å². The first-order valence-electron chi connectivity index (χ1n) is 6.28. The van der Waals surface area contributed by atoms with E-state index < -0.39 is 5.97 Å². The summed E-state index contributed by atoms with van der Waals surface area (Å²) in [6, 6.07) is 2.90. The molecule has 1 aliphatic heterocycles. The Bertz CT molecular complexity index is 509. The zero-order valence-corrected chi connectivity index (χ0v) is 11.9. The third-order valence-electron chi connectivity index (χ3n) is 2.92. The van der Waals surface area contributed by atoms with Crippen LogP contribution < -0.4 is 0 Å². The van der Waals surface area contributed by atoms with E-state index >= 15 is 0 Å². The fourth-order valence-electron chi connectivity index (χ4n) is 1.89. The number of carboxylic acids is 1. The lowest BCUT2D eigenvalue weighted by Crippen LogP contribution is -2.45. The summed E-state index contributed by atoms with van der Waals surface area (Å²) in [4.78, 5) is 28.7. The number of amides is 1. The Morgan fingerprint density at radius 3 is 3.10 bits per heavy atom. The maximum absolute atomic E-state index is 12.0. The molecule has 2 rings (SSSR count). The SMILES string of the molecule is CC1CN(C(=O)CSc2cc(C(=O)O)ccn2)CCO1. The zero-order valence-electron chi connectivity index (χ0n) is 11.1. The minimum atomic E-state index is -0.998. The van der Waals surface area contributed by atoms with Gasteiger partial charge in [-0.25, -0.2) is 9.78 Å². The summed E-state index contributed by atoms with van der Waals surface area (Å²) in [5.74, 6) is -0.724. The van der Waals surface area contributed by atoms with E-state index in [1.807, 2.05) is 6.92 Å². The highest BCUT2D eigenvalue weighted by Crippen LogP contribution is 2.17. The quantitative estimate of drug-likeness (QED) is 0.839. The normalized spacial score (nSPS) is 18.9. The number of carbonyl (C=O) groups is 2. The van der Waals surface area contributed by atoms with Gasteiger partial charge in [0.25, 0.3) is 0 Å². The molecule has 0 aromatic carbocycles. The molecular formula is C13H16N2O4S. The van der Waals surface area contributed by atoms with Crippen molar-refractivity contribution in [1.29, 1.82) is 0 Å². The van der Waals surface area contributed by atoms with Crippen LogP contribution in [0.3, 0.4) is 0 Å². The first-order valence-corrected chi connectivity index (χ1v) is 7.26. The number of morpholine rings is 1. The number of carboxylic acid groups (broad SMARTS) is 1. The van der Waals surface area contributed by atoms with E-state index in [0.29, 0.717) is 24.7 Å². The molecule has 1 amide bonds. The predicted molar refractivity (Wildman–Crippen MR) is 73.9 cm³/mol. The van der Waals surface area contributed by atoms with Gasteiger partial charge >= 0.3 is 5.97 Å². The van der Waals surface area contributed by atoms with Crippen molar-refractivity contribution in [1.82, 2.24) is 9.88 Å². The maximum atomic E-state index is 12.0. The first-order chi connectivity index (χ1) is 9.56. The number of rotatable bonds is 4. The Balaban J connectivity index is 1.89. The summed E-state index contributed by atoms with van der Waals surface area (Å²) < 4.78 is 5.38. The van der Waals surface area contributed by atoms with Gasteiger partial charge in [-0.2, -0.15) is 0 Å². The summed E-state index contributed by atoms with van der Waals surface area (Å²) in [6.45, 7) is 3.70. The second-order valence-electron chi connectivity index (χ2n) is 4.50. The number of ether oxygens (including phenoxy) is 1. The molecular weight excluding hydrogens is 280 g/mol. The van der Waals surface area contributed by atoms with Crippen LogP contribution in [-0.2, 0) is 9.53 Å². The van der Waals surface area contributed by atoms with Gasteiger partial charge in [-0.15, -0.1) is 0 Å². The van der Waals surface area contributed by atoms with Crippen LogP contribution in [0.4, 0.5) is 0 Å². The Labute approximate surface area is 121 Å². The van der Waals surface area contributed by atoms with Crippen molar-refractivity contribution in [3.8, 4) is 0 Å². The third kappa shape index (κ3) is 3.94. The molecule has 2 heterocycles. The summed E-state index contributed by atoms with van der Waals surface area (Å²) in [5, 5.41) is 9.43. The van der Waals surface area contributed by atoms with Crippen LogP contribution in [0.1, 0.15) is 17.3 Å². The predicted octanol–water partition coefficient (Wildman–Crippen LogP) is 1.12. The maximum Gasteiger partial charge on any atom is 0.335 e. The lowest BCUT2D eigenvalue weighted by Gasteiger charge is -2.31. The standard InChI is InChI=1S/C13H16N2O4S/c1-9-7-15(4-5-19-9)12(16)8-20-11-6-10(13(17)18)2-3-14-11/h2-3,6,9H,4-5,7-8H2,1H3,(H,17,18). The van der Waals surface area contributed by atoms with Gasteiger partial charge in [0.1, 0.15) is 0 Å². The summed E-state index contributed by atoms with van der Waals surface area (Å²) in [5.41, 5.74) is 0.176. The van der Waals surface area contributed by atoms with E-state index in [1.54, 1.807) is 4.90 Å². The molecule has 0 radical (unpaired) electrons. The molecule has 0 spiro atoms. The second-order valence-corrected chi connectivity index (χ2v) is 5.49. The molecule has 108 valence electrons. The molecule has 0 aliphatic carbocycles. The molecule has 20 heavy (non-hydrogen) atoms. The molecule has 1 unspecified atom stereocenters. The highest BCUT2D eigenvalue weighted by Gasteiger charge is 2.21. The van der Waals surface area contributed by atoms with Crippen molar-refractivity contribution in [3.05, 3.63) is 23.9 Å². The van der Waals surface area contributed by atoms with Crippen LogP contribution >= 0.6 is 11.8 Å². The highest BCUT2D eigenvalue weighted by molar-refractivity contribution is 7.99. The summed E-state index contributed by atoms with van der Waals surface area (Å²) >= 11 is 1.25. The molecule has 1 atom stereocenters. The van der Waals surface area contributed by atoms with Crippen LogP contribution in [0, 0.1) is 0 Å². The van der Waals surface area contributed by atoms with Gasteiger partial charge in [0.2, 0.25) is 5.91 Å². The van der Waals surface area contributed by atoms with Crippen molar-refractivity contribution in [2.45, 2.75) is 18.1 Å². The van der Waals surface area contributed by atoms with Gasteiger partial charge in [0.15, 0.2) is 0 Å². The van der Waals surface area contributed by atoms with Gasteiger partial charge in [-0.05, 0) is 19.1 Å². The number of carbonyl (C=O) groups excluding carboxylic acids is 1. The van der Waals surface area contributed by atoms with Crippen LogP contribution in [0.5, 0.6) is 0 Å². The minimum Gasteiger partial charge on any atom is -0.478 e. The van der Waals surface area contributed by atoms with E-state index in [-0.39, 0.29) is 23.3 Å². The van der Waals surface area contributed by atoms with E-state index in [1.165, 1.54) is 30.1 Å². The first kappa shape index (κ1) is 14.8. The number of hydrogen-bond acceptors (Lipinski definition) is 5. The van der Waals surface area contributed by atoms with Gasteiger partial charge in [0.05, 0.1) is 29.1 Å². The Morgan fingerprint density at radius 2 is 2.40 bits per heavy atom. The molecule has 1 fully saturated rings. The monoisotopic (exact) mass is 296 g/mol. The Morgan fingerprint density at radius 1 is 1.60 bits per heavy atom. The van der Waals surface area contributed by atoms with E-state index in [2.05, 4.69) is 4.98 Å². The van der Waals surface area contributed by atoms with Crippen molar-refractivity contribution < 1.29 is 19.4 Å². The molecule has 7 heteroatoms. The fraction of sp³-hybridized carbons (Fsp3) is 0.462. The fourth-order valence-corrected chi connectivity index (χ4v) is 2.69.